The van der Waals surface area contributed by atoms with Crippen LogP contribution in [0.1, 0.15) is 48.3 Å². The Morgan fingerprint density at radius 3 is 2.39 bits per heavy atom. The summed E-state index contributed by atoms with van der Waals surface area (Å²) in [6, 6.07) is 6.17. The minimum atomic E-state index is -3.21. The fourth-order valence-corrected chi connectivity index (χ4v) is 3.03. The molecule has 1 N–H and O–H groups in total. The van der Waals surface area contributed by atoms with E-state index >= 15 is 0 Å². The largest absolute Gasteiger partial charge is 0.349 e. The smallest absolute Gasteiger partial charge is 0.175 e. The number of carbonyl (C=O) groups excluding carboxylic acids is 1. The predicted molar refractivity (Wildman–Crippen MR) is 89.3 cm³/mol. The highest BCUT2D eigenvalue weighted by atomic mass is 32.2. The second-order valence-corrected chi connectivity index (χ2v) is 7.69. The molecule has 0 radical (unpaired) electrons. The molecule has 0 spiro atoms. The van der Waals surface area contributed by atoms with E-state index < -0.39 is 9.84 Å². The number of aryl methyl sites for hydroxylation is 1. The molecule has 23 heavy (non-hydrogen) atoms. The minimum absolute atomic E-state index is 0.0658. The van der Waals surface area contributed by atoms with E-state index in [2.05, 4.69) is 9.97 Å². The highest BCUT2D eigenvalue weighted by Gasteiger charge is 2.09. The van der Waals surface area contributed by atoms with E-state index in [0.29, 0.717) is 12.0 Å². The summed E-state index contributed by atoms with van der Waals surface area (Å²) in [5.74, 6) is 1.07. The first-order chi connectivity index (χ1) is 11.0. The summed E-state index contributed by atoms with van der Waals surface area (Å²) < 4.78 is 22.8. The molecule has 0 atom stereocenters. The molecule has 0 amide bonds. The van der Waals surface area contributed by atoms with Crippen LogP contribution in [0.15, 0.2) is 41.6 Å². The SMILES string of the molecule is CS(=O)(=O)c1ccc(C(=O)CCCCCCc2ncc[nH]2)cc1. The van der Waals surface area contributed by atoms with Crippen molar-refractivity contribution in [1.29, 1.82) is 0 Å². The first-order valence-corrected chi connectivity index (χ1v) is 9.67. The number of ketones is 1. The molecule has 124 valence electrons. The van der Waals surface area contributed by atoms with Crippen molar-refractivity contribution in [1.82, 2.24) is 9.97 Å². The Kier molecular flexibility index (Phi) is 6.10. The first kappa shape index (κ1) is 17.4. The molecule has 0 saturated carbocycles. The van der Waals surface area contributed by atoms with Crippen molar-refractivity contribution in [2.24, 2.45) is 0 Å². The lowest BCUT2D eigenvalue weighted by atomic mass is 10.0. The van der Waals surface area contributed by atoms with Gasteiger partial charge in [-0.1, -0.05) is 25.0 Å². The number of unbranched alkanes of at least 4 members (excludes halogenated alkanes) is 3. The number of Topliss-reactive ketones (excluding diaryl/α,β-unsaturated/α-hetero) is 1. The van der Waals surface area contributed by atoms with Crippen LogP contribution in [0.2, 0.25) is 0 Å². The van der Waals surface area contributed by atoms with Crippen LogP contribution in [0, 0.1) is 0 Å². The Morgan fingerprint density at radius 2 is 1.78 bits per heavy atom. The number of rotatable bonds is 9. The van der Waals surface area contributed by atoms with Crippen LogP contribution in [0.4, 0.5) is 0 Å². The van der Waals surface area contributed by atoms with Gasteiger partial charge in [0.2, 0.25) is 0 Å². The molecule has 5 nitrogen and oxygen atoms in total. The molecule has 2 aromatic rings. The molecule has 1 aromatic heterocycles. The molecule has 6 heteroatoms. The summed E-state index contributed by atoms with van der Waals surface area (Å²) in [5, 5.41) is 0. The van der Waals surface area contributed by atoms with Crippen molar-refractivity contribution in [3.63, 3.8) is 0 Å². The highest BCUT2D eigenvalue weighted by Crippen LogP contribution is 2.14. The van der Waals surface area contributed by atoms with E-state index in [1.807, 2.05) is 6.20 Å². The molecule has 0 fully saturated rings. The van der Waals surface area contributed by atoms with Gasteiger partial charge in [-0.2, -0.15) is 0 Å². The highest BCUT2D eigenvalue weighted by molar-refractivity contribution is 7.90. The summed E-state index contributed by atoms with van der Waals surface area (Å²) in [7, 11) is -3.21. The molecular formula is C17H22N2O3S. The van der Waals surface area contributed by atoms with Gasteiger partial charge in [0.25, 0.3) is 0 Å². The topological polar surface area (TPSA) is 79.9 Å². The fraction of sp³-hybridized carbons (Fsp3) is 0.412. The summed E-state index contributed by atoms with van der Waals surface area (Å²) >= 11 is 0. The van der Waals surface area contributed by atoms with Crippen LogP contribution in [-0.2, 0) is 16.3 Å². The zero-order chi connectivity index (χ0) is 16.7. The van der Waals surface area contributed by atoms with E-state index in [0.717, 1.165) is 44.2 Å². The summed E-state index contributed by atoms with van der Waals surface area (Å²) in [6.45, 7) is 0. The maximum absolute atomic E-state index is 12.1. The third-order valence-electron chi connectivity index (χ3n) is 3.73. The normalized spacial score (nSPS) is 11.5. The average molecular weight is 334 g/mol. The third kappa shape index (κ3) is 5.63. The first-order valence-electron chi connectivity index (χ1n) is 7.78. The number of hydrogen-bond acceptors (Lipinski definition) is 4. The Balaban J connectivity index is 1.68. The standard InChI is InChI=1S/C17H22N2O3S/c1-23(21,22)15-10-8-14(9-11-15)16(20)6-4-2-3-5-7-17-18-12-13-19-17/h8-13H,2-7H2,1H3,(H,18,19). The maximum Gasteiger partial charge on any atom is 0.175 e. The van der Waals surface area contributed by atoms with Crippen molar-refractivity contribution in [3.8, 4) is 0 Å². The Labute approximate surface area is 137 Å². The quantitative estimate of drug-likeness (QED) is 0.564. The number of H-pyrrole nitrogens is 1. The number of sulfone groups is 1. The Hall–Kier alpha value is -1.95. The molecule has 0 bridgehead atoms. The summed E-state index contributed by atoms with van der Waals surface area (Å²) in [6.07, 6.45) is 10.2. The van der Waals surface area contributed by atoms with Crippen LogP contribution < -0.4 is 0 Å². The van der Waals surface area contributed by atoms with Crippen LogP contribution in [0.25, 0.3) is 0 Å². The molecule has 0 unspecified atom stereocenters. The number of hydrogen-bond donors (Lipinski definition) is 1. The molecule has 1 heterocycles. The van der Waals surface area contributed by atoms with Crippen molar-refractivity contribution in [2.75, 3.05) is 6.26 Å². The van der Waals surface area contributed by atoms with Crippen molar-refractivity contribution in [3.05, 3.63) is 48.0 Å². The van der Waals surface area contributed by atoms with Crippen molar-refractivity contribution >= 4 is 15.6 Å². The molecule has 0 saturated heterocycles. The third-order valence-corrected chi connectivity index (χ3v) is 4.86. The summed E-state index contributed by atoms with van der Waals surface area (Å²) in [5.41, 5.74) is 0.577. The number of aromatic amines is 1. The van der Waals surface area contributed by atoms with E-state index in [1.54, 1.807) is 18.3 Å². The number of benzene rings is 1. The number of nitrogens with one attached hydrogen (secondary N) is 1. The van der Waals surface area contributed by atoms with Gasteiger partial charge in [-0.05, 0) is 25.0 Å². The fourth-order valence-electron chi connectivity index (χ4n) is 2.40. The van der Waals surface area contributed by atoms with Gasteiger partial charge in [0.05, 0.1) is 4.90 Å². The maximum atomic E-state index is 12.1. The van der Waals surface area contributed by atoms with E-state index in [9.17, 15) is 13.2 Å². The lowest BCUT2D eigenvalue weighted by molar-refractivity contribution is 0.0979. The Morgan fingerprint density at radius 1 is 1.09 bits per heavy atom. The monoisotopic (exact) mass is 334 g/mol. The molecule has 0 aliphatic carbocycles. The van der Waals surface area contributed by atoms with Gasteiger partial charge in [0, 0.05) is 37.1 Å². The molecular weight excluding hydrogens is 312 g/mol. The van der Waals surface area contributed by atoms with Crippen molar-refractivity contribution in [2.45, 2.75) is 43.4 Å². The number of imidazole rings is 1. The number of carbonyl (C=O) groups is 1. The molecule has 0 aliphatic rings. The van der Waals surface area contributed by atoms with Gasteiger partial charge in [0.1, 0.15) is 5.82 Å². The van der Waals surface area contributed by atoms with Gasteiger partial charge in [-0.25, -0.2) is 13.4 Å². The van der Waals surface area contributed by atoms with Gasteiger partial charge in [0.15, 0.2) is 15.6 Å². The van der Waals surface area contributed by atoms with Gasteiger partial charge in [-0.3, -0.25) is 4.79 Å². The van der Waals surface area contributed by atoms with Gasteiger partial charge >= 0.3 is 0 Å². The second kappa shape index (κ2) is 8.06. The van der Waals surface area contributed by atoms with E-state index in [4.69, 9.17) is 0 Å². The molecule has 1 aromatic carbocycles. The van der Waals surface area contributed by atoms with Crippen molar-refractivity contribution < 1.29 is 13.2 Å². The van der Waals surface area contributed by atoms with E-state index in [-0.39, 0.29) is 10.7 Å². The predicted octanol–water partition coefficient (Wildman–Crippen LogP) is 3.19. The van der Waals surface area contributed by atoms with E-state index in [1.165, 1.54) is 12.1 Å². The number of aromatic nitrogens is 2. The minimum Gasteiger partial charge on any atom is -0.349 e. The summed E-state index contributed by atoms with van der Waals surface area (Å²) in [4.78, 5) is 19.6. The lowest BCUT2D eigenvalue weighted by Gasteiger charge is -2.03. The number of nitrogens with zero attached hydrogens (tertiary/aromatic N) is 1. The zero-order valence-electron chi connectivity index (χ0n) is 13.3. The van der Waals surface area contributed by atoms with Crippen LogP contribution in [-0.4, -0.2) is 30.4 Å². The average Bonchev–Trinajstić information content (AvgIpc) is 3.03. The molecule has 0 aliphatic heterocycles. The van der Waals surface area contributed by atoms with Crippen LogP contribution in [0.5, 0.6) is 0 Å². The van der Waals surface area contributed by atoms with Gasteiger partial charge in [-0.15, -0.1) is 0 Å². The van der Waals surface area contributed by atoms with Gasteiger partial charge < -0.3 is 4.98 Å². The Bertz CT molecular complexity index is 720. The molecule has 2 rings (SSSR count). The van der Waals surface area contributed by atoms with Crippen LogP contribution >= 0.6 is 0 Å². The lowest BCUT2D eigenvalue weighted by Crippen LogP contribution is -2.01. The van der Waals surface area contributed by atoms with Crippen LogP contribution in [0.3, 0.4) is 0 Å². The second-order valence-electron chi connectivity index (χ2n) is 5.67. The zero-order valence-corrected chi connectivity index (χ0v) is 14.1.